The number of nitrogens with one attached hydrogen (secondary N) is 2. The smallest absolute Gasteiger partial charge is 0.147 e. The molecule has 5 heteroatoms. The second-order valence-electron chi connectivity index (χ2n) is 2.84. The summed E-state index contributed by atoms with van der Waals surface area (Å²) >= 11 is 0. The van der Waals surface area contributed by atoms with Gasteiger partial charge in [-0.2, -0.15) is 0 Å². The van der Waals surface area contributed by atoms with Gasteiger partial charge in [0.25, 0.3) is 0 Å². The number of aromatic nitrogens is 4. The van der Waals surface area contributed by atoms with E-state index in [2.05, 4.69) is 24.9 Å². The summed E-state index contributed by atoms with van der Waals surface area (Å²) in [4.78, 5) is 18.1. The summed E-state index contributed by atoms with van der Waals surface area (Å²) in [5.74, 6) is 0.787. The lowest BCUT2D eigenvalue weighted by Crippen LogP contribution is -1.91. The summed E-state index contributed by atoms with van der Waals surface area (Å²) in [5, 5.41) is 0. The van der Waals surface area contributed by atoms with Gasteiger partial charge in [0.2, 0.25) is 0 Å². The lowest BCUT2D eigenvalue weighted by Gasteiger charge is -1.90. The molecule has 0 saturated carbocycles. The third kappa shape index (κ3) is 2.29. The average molecular weight is 189 g/mol. The zero-order chi connectivity index (χ0) is 9.64. The van der Waals surface area contributed by atoms with Crippen molar-refractivity contribution in [2.75, 3.05) is 6.54 Å². The van der Waals surface area contributed by atoms with Crippen molar-refractivity contribution in [3.05, 3.63) is 36.4 Å². The van der Waals surface area contributed by atoms with Crippen molar-refractivity contribution in [1.82, 2.24) is 19.9 Å². The highest BCUT2D eigenvalue weighted by molar-refractivity contribution is 5.74. The molecule has 0 saturated heterocycles. The van der Waals surface area contributed by atoms with Gasteiger partial charge in [0, 0.05) is 37.3 Å². The number of rotatable bonds is 4. The Kier molecular flexibility index (Phi) is 2.70. The number of aliphatic imine (C=N–C) groups is 1. The molecule has 0 aliphatic heterocycles. The van der Waals surface area contributed by atoms with Crippen molar-refractivity contribution in [3.8, 4) is 0 Å². The number of hydrogen-bond donors (Lipinski definition) is 2. The van der Waals surface area contributed by atoms with Gasteiger partial charge < -0.3 is 9.97 Å². The lowest BCUT2D eigenvalue weighted by atomic mass is 10.3. The normalized spacial score (nSPS) is 11.1. The van der Waals surface area contributed by atoms with Crippen LogP contribution in [0.3, 0.4) is 0 Å². The van der Waals surface area contributed by atoms with Crippen LogP contribution in [0.25, 0.3) is 0 Å². The van der Waals surface area contributed by atoms with E-state index in [1.165, 1.54) is 0 Å². The van der Waals surface area contributed by atoms with Crippen molar-refractivity contribution in [2.24, 2.45) is 4.99 Å². The Morgan fingerprint density at radius 2 is 2.43 bits per heavy atom. The minimum Gasteiger partial charge on any atom is -0.348 e. The second-order valence-corrected chi connectivity index (χ2v) is 2.84. The SMILES string of the molecule is C(=NCCc1cnc[nH]1)c1ncc[nH]1. The summed E-state index contributed by atoms with van der Waals surface area (Å²) in [5.41, 5.74) is 1.10. The molecular formula is C9H11N5. The number of H-pyrrole nitrogens is 2. The first-order chi connectivity index (χ1) is 6.95. The number of aromatic amines is 2. The molecule has 0 radical (unpaired) electrons. The van der Waals surface area contributed by atoms with E-state index >= 15 is 0 Å². The molecule has 0 amide bonds. The van der Waals surface area contributed by atoms with Gasteiger partial charge in [0.05, 0.1) is 12.5 Å². The van der Waals surface area contributed by atoms with Crippen LogP contribution in [-0.4, -0.2) is 32.7 Å². The molecule has 14 heavy (non-hydrogen) atoms. The topological polar surface area (TPSA) is 69.7 Å². The van der Waals surface area contributed by atoms with E-state index < -0.39 is 0 Å². The summed E-state index contributed by atoms with van der Waals surface area (Å²) < 4.78 is 0. The van der Waals surface area contributed by atoms with Crippen LogP contribution in [0, 0.1) is 0 Å². The molecule has 0 unspecified atom stereocenters. The van der Waals surface area contributed by atoms with Crippen LogP contribution in [0.1, 0.15) is 11.5 Å². The predicted octanol–water partition coefficient (Wildman–Crippen LogP) is 0.794. The zero-order valence-corrected chi connectivity index (χ0v) is 7.64. The number of nitrogens with zero attached hydrogens (tertiary/aromatic N) is 3. The van der Waals surface area contributed by atoms with Crippen LogP contribution in [0.2, 0.25) is 0 Å². The van der Waals surface area contributed by atoms with E-state index in [4.69, 9.17) is 0 Å². The summed E-state index contributed by atoms with van der Waals surface area (Å²) in [6.45, 7) is 0.739. The highest BCUT2D eigenvalue weighted by atomic mass is 14.9. The van der Waals surface area contributed by atoms with Gasteiger partial charge in [0.1, 0.15) is 5.82 Å². The van der Waals surface area contributed by atoms with Crippen LogP contribution in [0.15, 0.2) is 29.9 Å². The van der Waals surface area contributed by atoms with E-state index in [0.717, 1.165) is 24.5 Å². The van der Waals surface area contributed by atoms with Crippen LogP contribution in [0.4, 0.5) is 0 Å². The molecule has 0 fully saturated rings. The van der Waals surface area contributed by atoms with Crippen molar-refractivity contribution in [3.63, 3.8) is 0 Å². The van der Waals surface area contributed by atoms with Gasteiger partial charge in [0.15, 0.2) is 0 Å². The highest BCUT2D eigenvalue weighted by Gasteiger charge is 1.91. The lowest BCUT2D eigenvalue weighted by molar-refractivity contribution is 0.937. The van der Waals surface area contributed by atoms with Crippen LogP contribution in [-0.2, 0) is 6.42 Å². The summed E-state index contributed by atoms with van der Waals surface area (Å²) in [6, 6.07) is 0. The quantitative estimate of drug-likeness (QED) is 0.698. The van der Waals surface area contributed by atoms with Gasteiger partial charge in [-0.25, -0.2) is 9.97 Å². The fourth-order valence-electron chi connectivity index (χ4n) is 1.11. The molecule has 0 bridgehead atoms. The maximum absolute atomic E-state index is 4.22. The molecule has 2 aromatic rings. The van der Waals surface area contributed by atoms with Gasteiger partial charge in [-0.05, 0) is 0 Å². The number of imidazole rings is 2. The molecule has 2 aromatic heterocycles. The van der Waals surface area contributed by atoms with E-state index in [1.54, 1.807) is 24.9 Å². The Morgan fingerprint density at radius 3 is 3.14 bits per heavy atom. The Balaban J connectivity index is 1.78. The van der Waals surface area contributed by atoms with Gasteiger partial charge in [-0.15, -0.1) is 0 Å². The average Bonchev–Trinajstić information content (AvgIpc) is 2.86. The van der Waals surface area contributed by atoms with Gasteiger partial charge in [-0.1, -0.05) is 0 Å². The van der Waals surface area contributed by atoms with E-state index in [9.17, 15) is 0 Å². The zero-order valence-electron chi connectivity index (χ0n) is 7.64. The first-order valence-corrected chi connectivity index (χ1v) is 4.41. The Morgan fingerprint density at radius 1 is 1.43 bits per heavy atom. The summed E-state index contributed by atoms with van der Waals surface area (Å²) in [7, 11) is 0. The summed E-state index contributed by atoms with van der Waals surface area (Å²) in [6.07, 6.45) is 9.56. The monoisotopic (exact) mass is 189 g/mol. The Labute approximate surface area is 81.3 Å². The third-order valence-electron chi connectivity index (χ3n) is 1.80. The maximum Gasteiger partial charge on any atom is 0.147 e. The molecule has 0 aromatic carbocycles. The van der Waals surface area contributed by atoms with Crippen LogP contribution < -0.4 is 0 Å². The Hall–Kier alpha value is -1.91. The van der Waals surface area contributed by atoms with Crippen molar-refractivity contribution in [1.29, 1.82) is 0 Å². The molecule has 72 valence electrons. The van der Waals surface area contributed by atoms with Crippen LogP contribution in [0.5, 0.6) is 0 Å². The third-order valence-corrected chi connectivity index (χ3v) is 1.80. The van der Waals surface area contributed by atoms with E-state index in [-0.39, 0.29) is 0 Å². The standard InChI is InChI=1S/C9H11N5/c1(8-5-11-7-14-8)2-10-6-9-12-3-4-13-9/h3-7H,1-2H2,(H,11,14)(H,12,13). The molecule has 2 rings (SSSR count). The molecular weight excluding hydrogens is 178 g/mol. The van der Waals surface area contributed by atoms with E-state index in [1.807, 2.05) is 6.20 Å². The van der Waals surface area contributed by atoms with Crippen molar-refractivity contribution >= 4 is 6.21 Å². The van der Waals surface area contributed by atoms with E-state index in [0.29, 0.717) is 0 Å². The molecule has 0 atom stereocenters. The Bertz CT molecular complexity index is 373. The maximum atomic E-state index is 4.22. The first kappa shape index (κ1) is 8.68. The molecule has 0 aliphatic carbocycles. The molecule has 5 nitrogen and oxygen atoms in total. The fourth-order valence-corrected chi connectivity index (χ4v) is 1.11. The molecule has 0 aliphatic rings. The molecule has 0 spiro atoms. The van der Waals surface area contributed by atoms with Crippen LogP contribution >= 0.6 is 0 Å². The minimum absolute atomic E-state index is 0.739. The van der Waals surface area contributed by atoms with Gasteiger partial charge in [-0.3, -0.25) is 4.99 Å². The van der Waals surface area contributed by atoms with Crippen molar-refractivity contribution < 1.29 is 0 Å². The fraction of sp³-hybridized carbons (Fsp3) is 0.222. The first-order valence-electron chi connectivity index (χ1n) is 4.41. The van der Waals surface area contributed by atoms with Crippen molar-refractivity contribution in [2.45, 2.75) is 6.42 Å². The minimum atomic E-state index is 0.739. The molecule has 2 heterocycles. The highest BCUT2D eigenvalue weighted by Crippen LogP contribution is 1.92. The number of hydrogen-bond acceptors (Lipinski definition) is 3. The largest absolute Gasteiger partial charge is 0.348 e. The molecule has 2 N–H and O–H groups in total. The van der Waals surface area contributed by atoms with Gasteiger partial charge >= 0.3 is 0 Å². The predicted molar refractivity (Wildman–Crippen MR) is 53.3 cm³/mol. The second kappa shape index (κ2) is 4.36.